The number of hydrogen-bond acceptors (Lipinski definition) is 6. The van der Waals surface area contributed by atoms with Gasteiger partial charge < -0.3 is 23.8 Å². The van der Waals surface area contributed by atoms with E-state index in [2.05, 4.69) is 74.6 Å². The highest BCUT2D eigenvalue weighted by atomic mass is 16.6. The quantitative estimate of drug-likeness (QED) is 0.0289. The Balaban J connectivity index is 4.33. The highest BCUT2D eigenvalue weighted by molar-refractivity contribution is 5.72. The molecule has 0 fully saturated rings. The van der Waals surface area contributed by atoms with Crippen LogP contribution in [0, 0.1) is 0 Å². The second-order valence-corrected chi connectivity index (χ2v) is 15.6. The van der Waals surface area contributed by atoms with Crippen LogP contribution in [0.3, 0.4) is 0 Å². The van der Waals surface area contributed by atoms with Gasteiger partial charge in [0.1, 0.15) is 6.61 Å². The van der Waals surface area contributed by atoms with Crippen molar-refractivity contribution in [3.05, 3.63) is 60.8 Å². The van der Waals surface area contributed by atoms with Crippen LogP contribution in [0.1, 0.15) is 168 Å². The Morgan fingerprint density at radius 3 is 1.49 bits per heavy atom. The summed E-state index contributed by atoms with van der Waals surface area (Å²) in [5.41, 5.74) is 0. The molecule has 0 aliphatic carbocycles. The number of carboxylic acid groups (broad SMARTS) is 1. The molecular formula is C47H82NO7+. The molecule has 2 atom stereocenters. The number of likely N-dealkylation sites (N-methyl/N-ethyl adjacent to an activating group) is 1. The molecule has 316 valence electrons. The number of carboxylic acids is 1. The number of carbonyl (C=O) groups is 3. The second-order valence-electron chi connectivity index (χ2n) is 15.6. The Morgan fingerprint density at radius 1 is 0.545 bits per heavy atom. The van der Waals surface area contributed by atoms with Gasteiger partial charge in [-0.2, -0.15) is 0 Å². The summed E-state index contributed by atoms with van der Waals surface area (Å²) in [7, 11) is 5.51. The number of hydrogen-bond donors (Lipinski definition) is 1. The lowest BCUT2D eigenvalue weighted by molar-refractivity contribution is -0.887. The molecule has 0 saturated heterocycles. The number of carbonyl (C=O) groups excluding carboxylic acids is 2. The summed E-state index contributed by atoms with van der Waals surface area (Å²) < 4.78 is 17.2. The summed E-state index contributed by atoms with van der Waals surface area (Å²) in [6, 6.07) is -0.620. The zero-order valence-electron chi connectivity index (χ0n) is 35.9. The normalized spacial score (nSPS) is 13.5. The number of aliphatic carboxylic acids is 1. The third-order valence-corrected chi connectivity index (χ3v) is 9.39. The minimum atomic E-state index is -0.882. The fourth-order valence-corrected chi connectivity index (χ4v) is 5.94. The molecule has 0 aliphatic rings. The highest BCUT2D eigenvalue weighted by Crippen LogP contribution is 2.12. The molecule has 0 radical (unpaired) electrons. The van der Waals surface area contributed by atoms with Gasteiger partial charge in [-0.3, -0.25) is 9.59 Å². The van der Waals surface area contributed by atoms with Crippen molar-refractivity contribution in [3.63, 3.8) is 0 Å². The van der Waals surface area contributed by atoms with E-state index < -0.39 is 18.1 Å². The van der Waals surface area contributed by atoms with Crippen LogP contribution in [0.15, 0.2) is 60.8 Å². The van der Waals surface area contributed by atoms with Crippen molar-refractivity contribution >= 4 is 17.9 Å². The zero-order valence-corrected chi connectivity index (χ0v) is 35.9. The largest absolute Gasteiger partial charge is 0.477 e. The van der Waals surface area contributed by atoms with Crippen molar-refractivity contribution in [3.8, 4) is 0 Å². The van der Waals surface area contributed by atoms with Gasteiger partial charge in [0.05, 0.1) is 34.4 Å². The van der Waals surface area contributed by atoms with Crippen LogP contribution in [0.25, 0.3) is 0 Å². The van der Waals surface area contributed by atoms with Crippen LogP contribution in [0.4, 0.5) is 0 Å². The third-order valence-electron chi connectivity index (χ3n) is 9.39. The van der Waals surface area contributed by atoms with Crippen molar-refractivity contribution in [2.24, 2.45) is 0 Å². The van der Waals surface area contributed by atoms with Gasteiger partial charge in [-0.15, -0.1) is 0 Å². The molecule has 2 unspecified atom stereocenters. The van der Waals surface area contributed by atoms with Crippen molar-refractivity contribution in [1.82, 2.24) is 0 Å². The van der Waals surface area contributed by atoms with Gasteiger partial charge in [0.15, 0.2) is 12.1 Å². The average Bonchev–Trinajstić information content (AvgIpc) is 3.14. The number of nitrogens with zero attached hydrogens (tertiary/aromatic N) is 1. The first-order valence-corrected chi connectivity index (χ1v) is 21.8. The predicted octanol–water partition coefficient (Wildman–Crippen LogP) is 11.8. The molecular weight excluding hydrogens is 691 g/mol. The lowest BCUT2D eigenvalue weighted by Crippen LogP contribution is -2.50. The second kappa shape index (κ2) is 37.9. The lowest BCUT2D eigenvalue weighted by Gasteiger charge is -2.31. The molecule has 0 aromatic heterocycles. The lowest BCUT2D eigenvalue weighted by atomic mass is 10.1. The van der Waals surface area contributed by atoms with Gasteiger partial charge in [0.25, 0.3) is 0 Å². The smallest absolute Gasteiger partial charge is 0.362 e. The Hall–Kier alpha value is -2.97. The summed E-state index contributed by atoms with van der Waals surface area (Å²) in [5.74, 6) is -1.51. The molecule has 0 heterocycles. The van der Waals surface area contributed by atoms with Crippen molar-refractivity contribution < 1.29 is 38.2 Å². The van der Waals surface area contributed by atoms with E-state index in [-0.39, 0.29) is 36.2 Å². The SMILES string of the molecule is CCCC/C=C/CCCCCCC(=O)OC(COCCC(C(=O)O)[N+](C)(C)C)COC(=O)CCCCCCC/C=C/C/C=C/C/C=C/C/C=C/CCCCC. The first-order valence-electron chi connectivity index (χ1n) is 21.8. The van der Waals surface area contributed by atoms with Crippen LogP contribution in [0.5, 0.6) is 0 Å². The van der Waals surface area contributed by atoms with Crippen LogP contribution < -0.4 is 0 Å². The van der Waals surface area contributed by atoms with E-state index in [1.54, 1.807) is 0 Å². The molecule has 0 aromatic rings. The monoisotopic (exact) mass is 773 g/mol. The molecule has 0 bridgehead atoms. The van der Waals surface area contributed by atoms with Crippen LogP contribution >= 0.6 is 0 Å². The van der Waals surface area contributed by atoms with Crippen LogP contribution in [-0.2, 0) is 28.6 Å². The molecule has 55 heavy (non-hydrogen) atoms. The number of allylic oxidation sites excluding steroid dienone is 10. The van der Waals surface area contributed by atoms with E-state index in [9.17, 15) is 19.5 Å². The van der Waals surface area contributed by atoms with Gasteiger partial charge in [-0.25, -0.2) is 4.79 Å². The molecule has 0 spiro atoms. The van der Waals surface area contributed by atoms with Crippen molar-refractivity contribution in [2.45, 2.75) is 180 Å². The van der Waals surface area contributed by atoms with Gasteiger partial charge in [-0.05, 0) is 77.0 Å². The molecule has 0 rings (SSSR count). The molecule has 0 amide bonds. The van der Waals surface area contributed by atoms with Crippen LogP contribution in [0.2, 0.25) is 0 Å². The third kappa shape index (κ3) is 36.4. The number of unbranched alkanes of at least 4 members (excludes halogenated alkanes) is 14. The maximum atomic E-state index is 12.6. The predicted molar refractivity (Wildman–Crippen MR) is 229 cm³/mol. The molecule has 1 N–H and O–H groups in total. The van der Waals surface area contributed by atoms with Crippen molar-refractivity contribution in [2.75, 3.05) is 41.0 Å². The highest BCUT2D eigenvalue weighted by Gasteiger charge is 2.31. The van der Waals surface area contributed by atoms with Crippen LogP contribution in [-0.4, -0.2) is 80.6 Å². The Bertz CT molecular complexity index is 1090. The minimum Gasteiger partial charge on any atom is -0.477 e. The topological polar surface area (TPSA) is 99.1 Å². The molecule has 8 heteroatoms. The first kappa shape index (κ1) is 52.0. The molecule has 0 saturated carbocycles. The van der Waals surface area contributed by atoms with E-state index in [1.165, 1.54) is 38.5 Å². The van der Waals surface area contributed by atoms with Crippen molar-refractivity contribution in [1.29, 1.82) is 0 Å². The van der Waals surface area contributed by atoms with E-state index >= 15 is 0 Å². The van der Waals surface area contributed by atoms with Gasteiger partial charge >= 0.3 is 17.9 Å². The minimum absolute atomic E-state index is 0.0479. The van der Waals surface area contributed by atoms with Gasteiger partial charge in [-0.1, -0.05) is 132 Å². The summed E-state index contributed by atoms with van der Waals surface area (Å²) >= 11 is 0. The van der Waals surface area contributed by atoms with E-state index in [4.69, 9.17) is 14.2 Å². The summed E-state index contributed by atoms with van der Waals surface area (Å²) in [6.45, 7) is 4.62. The zero-order chi connectivity index (χ0) is 40.7. The van der Waals surface area contributed by atoms with E-state index in [0.717, 1.165) is 96.3 Å². The average molecular weight is 773 g/mol. The number of quaternary nitrogens is 1. The number of ether oxygens (including phenoxy) is 3. The maximum Gasteiger partial charge on any atom is 0.362 e. The maximum absolute atomic E-state index is 12.6. The Labute approximate surface area is 337 Å². The van der Waals surface area contributed by atoms with Gasteiger partial charge in [0, 0.05) is 19.3 Å². The summed E-state index contributed by atoms with van der Waals surface area (Å²) in [6.07, 6.45) is 45.5. The number of esters is 2. The Morgan fingerprint density at radius 2 is 0.982 bits per heavy atom. The molecule has 8 nitrogen and oxygen atoms in total. The Kier molecular flexibility index (Phi) is 35.9. The van der Waals surface area contributed by atoms with E-state index in [0.29, 0.717) is 19.3 Å². The fraction of sp³-hybridized carbons (Fsp3) is 0.723. The first-order chi connectivity index (χ1) is 26.6. The fourth-order valence-electron chi connectivity index (χ4n) is 5.94. The summed E-state index contributed by atoms with van der Waals surface area (Å²) in [5, 5.41) is 9.60. The molecule has 0 aromatic carbocycles. The molecule has 0 aliphatic heterocycles. The van der Waals surface area contributed by atoms with E-state index in [1.807, 2.05) is 21.1 Å². The standard InChI is InChI=1S/C47H81NO7/c1-6-8-10-12-14-16-18-19-20-21-22-23-24-25-26-27-28-30-31-33-35-37-45(49)54-42-43(41-53-40-39-44(47(51)52)48(3,4)5)55-46(50)38-36-34-32-29-17-15-13-11-9-7-2/h13-16,19-20,22-23,25-26,43-44H,6-12,17-18,21,24,27-42H2,1-5H3/p+1/b15-13+,16-14+,20-19+,23-22+,26-25+. The number of rotatable bonds is 38. The summed E-state index contributed by atoms with van der Waals surface area (Å²) in [4.78, 5) is 36.9. The van der Waals surface area contributed by atoms with Gasteiger partial charge in [0.2, 0.25) is 0 Å².